The van der Waals surface area contributed by atoms with Gasteiger partial charge in [-0.05, 0) is 18.2 Å². The molecule has 0 bridgehead atoms. The molecule has 0 spiro atoms. The zero-order valence-corrected chi connectivity index (χ0v) is 14.8. The van der Waals surface area contributed by atoms with Crippen LogP contribution in [0.5, 0.6) is 5.88 Å². The zero-order chi connectivity index (χ0) is 20.4. The highest BCUT2D eigenvalue weighted by molar-refractivity contribution is 5.94. The van der Waals surface area contributed by atoms with Crippen LogP contribution in [-0.4, -0.2) is 50.1 Å². The standard InChI is InChI=1S/C18H14F3N5O3/c19-18(20,21)17-24-15(25-29-17)11-3-4-14(23-9-11)28-13-5-7-26(10-13)16(27)12-2-1-6-22-8-12/h1-4,6,8-9,13H,5,7,10H2. The summed E-state index contributed by atoms with van der Waals surface area (Å²) >= 11 is 0. The van der Waals surface area contributed by atoms with Gasteiger partial charge in [-0.25, -0.2) is 4.98 Å². The average molecular weight is 405 g/mol. The van der Waals surface area contributed by atoms with E-state index in [1.54, 1.807) is 23.2 Å². The molecule has 1 aliphatic heterocycles. The van der Waals surface area contributed by atoms with Crippen molar-refractivity contribution >= 4 is 5.91 Å². The first-order valence-electron chi connectivity index (χ1n) is 8.63. The minimum atomic E-state index is -4.71. The number of amides is 1. The Morgan fingerprint density at radius 2 is 2.10 bits per heavy atom. The Labute approximate surface area is 162 Å². The maximum atomic E-state index is 12.5. The lowest BCUT2D eigenvalue weighted by Gasteiger charge is -2.16. The van der Waals surface area contributed by atoms with Crippen LogP contribution in [0.3, 0.4) is 0 Å². The summed E-state index contributed by atoms with van der Waals surface area (Å²) in [6.45, 7) is 0.941. The van der Waals surface area contributed by atoms with Crippen LogP contribution in [0, 0.1) is 0 Å². The van der Waals surface area contributed by atoms with E-state index in [0.717, 1.165) is 0 Å². The Bertz CT molecular complexity index is 992. The number of halogens is 3. The minimum absolute atomic E-state index is 0.120. The molecule has 0 N–H and O–H groups in total. The van der Waals surface area contributed by atoms with Crippen molar-refractivity contribution in [1.29, 1.82) is 0 Å². The number of nitrogens with zero attached hydrogens (tertiary/aromatic N) is 5. The topological polar surface area (TPSA) is 94.2 Å². The normalized spacial score (nSPS) is 16.8. The van der Waals surface area contributed by atoms with Crippen LogP contribution in [0.1, 0.15) is 22.7 Å². The van der Waals surface area contributed by atoms with Gasteiger partial charge in [0.2, 0.25) is 11.7 Å². The molecule has 29 heavy (non-hydrogen) atoms. The van der Waals surface area contributed by atoms with Gasteiger partial charge in [-0.3, -0.25) is 9.78 Å². The Morgan fingerprint density at radius 1 is 1.24 bits per heavy atom. The molecule has 3 aromatic rings. The average Bonchev–Trinajstić information content (AvgIpc) is 3.38. The summed E-state index contributed by atoms with van der Waals surface area (Å²) in [5.41, 5.74) is 0.769. The number of carbonyl (C=O) groups excluding carboxylic acids is 1. The van der Waals surface area contributed by atoms with E-state index in [1.165, 1.54) is 24.5 Å². The van der Waals surface area contributed by atoms with Crippen LogP contribution in [0.4, 0.5) is 13.2 Å². The Morgan fingerprint density at radius 3 is 2.76 bits per heavy atom. The van der Waals surface area contributed by atoms with Gasteiger partial charge in [0.1, 0.15) is 6.10 Å². The molecule has 150 valence electrons. The van der Waals surface area contributed by atoms with Gasteiger partial charge in [0.25, 0.3) is 5.91 Å². The maximum Gasteiger partial charge on any atom is 0.471 e. The van der Waals surface area contributed by atoms with Crippen molar-refractivity contribution in [2.75, 3.05) is 13.1 Å². The Balaban J connectivity index is 1.37. The highest BCUT2D eigenvalue weighted by Gasteiger charge is 2.38. The minimum Gasteiger partial charge on any atom is -0.472 e. The molecule has 3 aromatic heterocycles. The van der Waals surface area contributed by atoms with E-state index < -0.39 is 12.1 Å². The number of likely N-dealkylation sites (tertiary alicyclic amines) is 1. The van der Waals surface area contributed by atoms with E-state index in [1.807, 2.05) is 0 Å². The Hall–Kier alpha value is -3.50. The third-order valence-corrected chi connectivity index (χ3v) is 4.29. The molecule has 1 unspecified atom stereocenters. The molecule has 0 aliphatic carbocycles. The largest absolute Gasteiger partial charge is 0.472 e. The highest BCUT2D eigenvalue weighted by atomic mass is 19.4. The van der Waals surface area contributed by atoms with Gasteiger partial charge in [0.15, 0.2) is 0 Å². The summed E-state index contributed by atoms with van der Waals surface area (Å²) in [7, 11) is 0. The van der Waals surface area contributed by atoms with Gasteiger partial charge in [0, 0.05) is 43.2 Å². The van der Waals surface area contributed by atoms with Gasteiger partial charge in [-0.2, -0.15) is 18.2 Å². The summed E-state index contributed by atoms with van der Waals surface area (Å²) in [6.07, 6.45) is 0.0993. The maximum absolute atomic E-state index is 12.5. The van der Waals surface area contributed by atoms with Crippen LogP contribution in [0.15, 0.2) is 47.4 Å². The lowest BCUT2D eigenvalue weighted by atomic mass is 10.2. The summed E-state index contributed by atoms with van der Waals surface area (Å²) < 4.78 is 47.6. The SMILES string of the molecule is O=C(c1cccnc1)N1CCC(Oc2ccc(-c3noc(C(F)(F)F)n3)cn2)C1. The zero-order valence-electron chi connectivity index (χ0n) is 14.8. The molecule has 4 heterocycles. The van der Waals surface area contributed by atoms with E-state index in [4.69, 9.17) is 4.74 Å². The molecule has 0 aromatic carbocycles. The monoisotopic (exact) mass is 405 g/mol. The summed E-state index contributed by atoms with van der Waals surface area (Å²) in [6, 6.07) is 6.39. The van der Waals surface area contributed by atoms with Gasteiger partial charge in [-0.15, -0.1) is 0 Å². The molecule has 1 atom stereocenters. The lowest BCUT2D eigenvalue weighted by Crippen LogP contribution is -2.31. The predicted octanol–water partition coefficient (Wildman–Crippen LogP) is 2.84. The van der Waals surface area contributed by atoms with Crippen molar-refractivity contribution in [2.24, 2.45) is 0 Å². The van der Waals surface area contributed by atoms with E-state index in [0.29, 0.717) is 25.1 Å². The summed E-state index contributed by atoms with van der Waals surface area (Å²) in [5.74, 6) is -1.47. The first-order valence-corrected chi connectivity index (χ1v) is 8.63. The lowest BCUT2D eigenvalue weighted by molar-refractivity contribution is -0.159. The van der Waals surface area contributed by atoms with Crippen LogP contribution in [0.2, 0.25) is 0 Å². The van der Waals surface area contributed by atoms with Crippen molar-refractivity contribution in [1.82, 2.24) is 25.0 Å². The second-order valence-corrected chi connectivity index (χ2v) is 6.33. The third kappa shape index (κ3) is 4.18. The molecule has 0 radical (unpaired) electrons. The van der Waals surface area contributed by atoms with Crippen LogP contribution >= 0.6 is 0 Å². The number of rotatable bonds is 4. The van der Waals surface area contributed by atoms with Gasteiger partial charge >= 0.3 is 12.1 Å². The van der Waals surface area contributed by atoms with E-state index >= 15 is 0 Å². The molecule has 1 amide bonds. The number of hydrogen-bond donors (Lipinski definition) is 0. The molecule has 11 heteroatoms. The van der Waals surface area contributed by atoms with Crippen molar-refractivity contribution in [2.45, 2.75) is 18.7 Å². The highest BCUT2D eigenvalue weighted by Crippen LogP contribution is 2.29. The third-order valence-electron chi connectivity index (χ3n) is 4.29. The molecular formula is C18H14F3N5O3. The number of pyridine rings is 2. The molecule has 1 saturated heterocycles. The number of ether oxygens (including phenoxy) is 1. The quantitative estimate of drug-likeness (QED) is 0.659. The molecule has 0 saturated carbocycles. The van der Waals surface area contributed by atoms with Crippen molar-refractivity contribution < 1.29 is 27.2 Å². The second-order valence-electron chi connectivity index (χ2n) is 6.33. The van der Waals surface area contributed by atoms with E-state index in [-0.39, 0.29) is 29.3 Å². The predicted molar refractivity (Wildman–Crippen MR) is 91.7 cm³/mol. The number of aromatic nitrogens is 4. The van der Waals surface area contributed by atoms with Crippen LogP contribution < -0.4 is 4.74 Å². The van der Waals surface area contributed by atoms with Crippen LogP contribution in [0.25, 0.3) is 11.4 Å². The molecule has 8 nitrogen and oxygen atoms in total. The summed E-state index contributed by atoms with van der Waals surface area (Å²) in [4.78, 5) is 25.4. The molecule has 1 fully saturated rings. The first-order chi connectivity index (χ1) is 13.9. The number of carbonyl (C=O) groups is 1. The Kier molecular flexibility index (Phi) is 4.87. The number of alkyl halides is 3. The molecule has 1 aliphatic rings. The van der Waals surface area contributed by atoms with Gasteiger partial charge in [0.05, 0.1) is 12.1 Å². The summed E-state index contributed by atoms with van der Waals surface area (Å²) in [5, 5.41) is 3.31. The van der Waals surface area contributed by atoms with Gasteiger partial charge < -0.3 is 14.2 Å². The van der Waals surface area contributed by atoms with Gasteiger partial charge in [-0.1, -0.05) is 5.16 Å². The molecular weight excluding hydrogens is 391 g/mol. The smallest absolute Gasteiger partial charge is 0.471 e. The number of hydrogen-bond acceptors (Lipinski definition) is 7. The fourth-order valence-electron chi connectivity index (χ4n) is 2.89. The fraction of sp³-hybridized carbons (Fsp3) is 0.278. The van der Waals surface area contributed by atoms with Crippen molar-refractivity contribution in [3.8, 4) is 17.3 Å². The van der Waals surface area contributed by atoms with Crippen LogP contribution in [-0.2, 0) is 6.18 Å². The van der Waals surface area contributed by atoms with E-state index in [9.17, 15) is 18.0 Å². The second kappa shape index (κ2) is 7.49. The van der Waals surface area contributed by atoms with E-state index in [2.05, 4.69) is 24.6 Å². The first kappa shape index (κ1) is 18.8. The van der Waals surface area contributed by atoms with Crippen molar-refractivity contribution in [3.05, 3.63) is 54.3 Å². The fourth-order valence-corrected chi connectivity index (χ4v) is 2.89. The van der Waals surface area contributed by atoms with Crippen molar-refractivity contribution in [3.63, 3.8) is 0 Å². The molecule has 4 rings (SSSR count).